The second kappa shape index (κ2) is 4.97. The lowest BCUT2D eigenvalue weighted by atomic mass is 9.80. The van der Waals surface area contributed by atoms with Crippen molar-refractivity contribution in [2.45, 2.75) is 52.2 Å². The van der Waals surface area contributed by atoms with Gasteiger partial charge in [0.1, 0.15) is 0 Å². The molecule has 0 radical (unpaired) electrons. The Labute approximate surface area is 81.7 Å². The van der Waals surface area contributed by atoms with E-state index in [0.29, 0.717) is 6.04 Å². The van der Waals surface area contributed by atoms with Crippen molar-refractivity contribution < 1.29 is 5.11 Å². The van der Waals surface area contributed by atoms with Crippen LogP contribution in [0.5, 0.6) is 0 Å². The molecule has 13 heavy (non-hydrogen) atoms. The van der Waals surface area contributed by atoms with Gasteiger partial charge in [-0.3, -0.25) is 0 Å². The third kappa shape index (κ3) is 3.65. The minimum absolute atomic E-state index is 0.216. The Morgan fingerprint density at radius 3 is 2.62 bits per heavy atom. The normalized spacial score (nSPS) is 37.4. The molecule has 4 atom stereocenters. The summed E-state index contributed by atoms with van der Waals surface area (Å²) in [5.74, 6) is 1.65. The van der Waals surface area contributed by atoms with Crippen LogP contribution < -0.4 is 5.32 Å². The largest absolute Gasteiger partial charge is 0.392 e. The number of nitrogens with one attached hydrogen (secondary N) is 1. The van der Waals surface area contributed by atoms with Crippen LogP contribution in [0.25, 0.3) is 0 Å². The van der Waals surface area contributed by atoms with Gasteiger partial charge in [-0.1, -0.05) is 13.8 Å². The lowest BCUT2D eigenvalue weighted by molar-refractivity contribution is 0.163. The summed E-state index contributed by atoms with van der Waals surface area (Å²) in [5, 5.41) is 12.6. The smallest absolute Gasteiger partial charge is 0.0636 e. The van der Waals surface area contributed by atoms with Crippen molar-refractivity contribution in [3.05, 3.63) is 0 Å². The Morgan fingerprint density at radius 2 is 2.08 bits per heavy atom. The molecule has 2 heteroatoms. The van der Waals surface area contributed by atoms with Gasteiger partial charge in [-0.05, 0) is 38.0 Å². The molecular formula is C11H23NO. The highest BCUT2D eigenvalue weighted by atomic mass is 16.3. The highest BCUT2D eigenvalue weighted by Gasteiger charge is 2.24. The zero-order chi connectivity index (χ0) is 9.84. The van der Waals surface area contributed by atoms with Crippen molar-refractivity contribution >= 4 is 0 Å². The molecule has 1 aliphatic rings. The number of rotatable bonds is 3. The molecule has 0 aromatic heterocycles. The van der Waals surface area contributed by atoms with Crippen molar-refractivity contribution in [1.82, 2.24) is 5.32 Å². The maximum absolute atomic E-state index is 9.16. The first-order valence-corrected chi connectivity index (χ1v) is 5.51. The van der Waals surface area contributed by atoms with Gasteiger partial charge in [-0.25, -0.2) is 0 Å². The van der Waals surface area contributed by atoms with Crippen molar-refractivity contribution in [2.24, 2.45) is 11.8 Å². The monoisotopic (exact) mass is 185 g/mol. The number of hydrogen-bond acceptors (Lipinski definition) is 2. The summed E-state index contributed by atoms with van der Waals surface area (Å²) in [7, 11) is 0. The summed E-state index contributed by atoms with van der Waals surface area (Å²) >= 11 is 0. The molecule has 0 aliphatic heterocycles. The van der Waals surface area contributed by atoms with Gasteiger partial charge in [0.15, 0.2) is 0 Å². The van der Waals surface area contributed by atoms with E-state index < -0.39 is 0 Å². The summed E-state index contributed by atoms with van der Waals surface area (Å²) in [5.41, 5.74) is 0. The molecule has 1 fully saturated rings. The molecule has 0 aromatic rings. The molecule has 78 valence electrons. The molecular weight excluding hydrogens is 162 g/mol. The summed E-state index contributed by atoms with van der Waals surface area (Å²) in [6.07, 6.45) is 3.72. The molecule has 1 saturated carbocycles. The fourth-order valence-electron chi connectivity index (χ4n) is 2.29. The van der Waals surface area contributed by atoms with E-state index in [2.05, 4.69) is 19.2 Å². The third-order valence-electron chi connectivity index (χ3n) is 3.11. The summed E-state index contributed by atoms with van der Waals surface area (Å²) in [6.45, 7) is 7.23. The number of aliphatic hydroxyl groups is 1. The van der Waals surface area contributed by atoms with Gasteiger partial charge >= 0.3 is 0 Å². The molecule has 3 unspecified atom stereocenters. The van der Waals surface area contributed by atoms with E-state index in [9.17, 15) is 0 Å². The quantitative estimate of drug-likeness (QED) is 0.702. The molecule has 1 aliphatic carbocycles. The Bertz CT molecular complexity index is 147. The molecule has 2 nitrogen and oxygen atoms in total. The maximum atomic E-state index is 9.16. The van der Waals surface area contributed by atoms with E-state index in [0.717, 1.165) is 18.4 Å². The van der Waals surface area contributed by atoms with Crippen LogP contribution in [-0.4, -0.2) is 23.8 Å². The second-order valence-electron chi connectivity index (χ2n) is 4.76. The number of hydrogen-bond donors (Lipinski definition) is 2. The summed E-state index contributed by atoms with van der Waals surface area (Å²) in [4.78, 5) is 0. The topological polar surface area (TPSA) is 32.3 Å². The first-order valence-electron chi connectivity index (χ1n) is 5.51. The van der Waals surface area contributed by atoms with Crippen LogP contribution in [0.15, 0.2) is 0 Å². The first-order chi connectivity index (χ1) is 6.09. The van der Waals surface area contributed by atoms with Crippen molar-refractivity contribution in [1.29, 1.82) is 0 Å². The van der Waals surface area contributed by atoms with Crippen LogP contribution >= 0.6 is 0 Å². The average Bonchev–Trinajstić information content (AvgIpc) is 2.02. The molecule has 0 saturated heterocycles. The van der Waals surface area contributed by atoms with E-state index in [1.165, 1.54) is 19.3 Å². The van der Waals surface area contributed by atoms with E-state index in [-0.39, 0.29) is 6.10 Å². The second-order valence-corrected chi connectivity index (χ2v) is 4.76. The van der Waals surface area contributed by atoms with Crippen LogP contribution in [0.3, 0.4) is 0 Å². The average molecular weight is 185 g/mol. The van der Waals surface area contributed by atoms with Gasteiger partial charge in [-0.15, -0.1) is 0 Å². The molecule has 0 spiro atoms. The molecule has 0 amide bonds. The summed E-state index contributed by atoms with van der Waals surface area (Å²) in [6, 6.07) is 0.630. The predicted molar refractivity (Wildman–Crippen MR) is 55.7 cm³/mol. The van der Waals surface area contributed by atoms with Gasteiger partial charge < -0.3 is 10.4 Å². The minimum atomic E-state index is -0.216. The Balaban J connectivity index is 2.25. The lowest BCUT2D eigenvalue weighted by Gasteiger charge is -2.33. The summed E-state index contributed by atoms with van der Waals surface area (Å²) < 4.78 is 0. The predicted octanol–water partition coefficient (Wildman–Crippen LogP) is 1.78. The van der Waals surface area contributed by atoms with Crippen LogP contribution in [0, 0.1) is 11.8 Å². The molecule has 0 bridgehead atoms. The van der Waals surface area contributed by atoms with Crippen LogP contribution in [-0.2, 0) is 0 Å². The van der Waals surface area contributed by atoms with Crippen molar-refractivity contribution in [3.63, 3.8) is 0 Å². The minimum Gasteiger partial charge on any atom is -0.392 e. The van der Waals surface area contributed by atoms with Gasteiger partial charge in [0, 0.05) is 12.6 Å². The number of aliphatic hydroxyl groups excluding tert-OH is 1. The van der Waals surface area contributed by atoms with Crippen molar-refractivity contribution in [3.8, 4) is 0 Å². The zero-order valence-corrected chi connectivity index (χ0v) is 9.09. The maximum Gasteiger partial charge on any atom is 0.0636 e. The third-order valence-corrected chi connectivity index (χ3v) is 3.11. The van der Waals surface area contributed by atoms with Crippen LogP contribution in [0.2, 0.25) is 0 Å². The van der Waals surface area contributed by atoms with E-state index >= 15 is 0 Å². The van der Waals surface area contributed by atoms with Crippen molar-refractivity contribution in [2.75, 3.05) is 6.54 Å². The molecule has 2 N–H and O–H groups in total. The Kier molecular flexibility index (Phi) is 4.20. The lowest BCUT2D eigenvalue weighted by Crippen LogP contribution is -2.41. The van der Waals surface area contributed by atoms with Gasteiger partial charge in [0.05, 0.1) is 6.10 Å². The highest BCUT2D eigenvalue weighted by molar-refractivity contribution is 4.81. The standard InChI is InChI=1S/C11H23NO/c1-8-4-5-11(9(2)6-8)12-7-10(3)13/h8-13H,4-7H2,1-3H3/t8?,9?,10-,11?/m0/s1. The fraction of sp³-hybridized carbons (Fsp3) is 1.00. The first kappa shape index (κ1) is 11.0. The molecule has 1 rings (SSSR count). The van der Waals surface area contributed by atoms with E-state index in [1.807, 2.05) is 6.92 Å². The highest BCUT2D eigenvalue weighted by Crippen LogP contribution is 2.28. The van der Waals surface area contributed by atoms with E-state index in [1.54, 1.807) is 0 Å². The van der Waals surface area contributed by atoms with Crippen LogP contribution in [0.4, 0.5) is 0 Å². The van der Waals surface area contributed by atoms with Gasteiger partial charge in [0.2, 0.25) is 0 Å². The molecule has 0 aromatic carbocycles. The zero-order valence-electron chi connectivity index (χ0n) is 9.09. The fourth-order valence-corrected chi connectivity index (χ4v) is 2.29. The molecule has 0 heterocycles. The Morgan fingerprint density at radius 1 is 1.38 bits per heavy atom. The van der Waals surface area contributed by atoms with Gasteiger partial charge in [0.25, 0.3) is 0 Å². The SMILES string of the molecule is CC1CCC(NC[C@H](C)O)C(C)C1. The Hall–Kier alpha value is -0.0800. The van der Waals surface area contributed by atoms with Crippen LogP contribution in [0.1, 0.15) is 40.0 Å². The van der Waals surface area contributed by atoms with Gasteiger partial charge in [-0.2, -0.15) is 0 Å². The van der Waals surface area contributed by atoms with E-state index in [4.69, 9.17) is 5.11 Å².